The second kappa shape index (κ2) is 5.96. The first-order valence-electron chi connectivity index (χ1n) is 7.83. The van der Waals surface area contributed by atoms with Crippen molar-refractivity contribution in [3.8, 4) is 0 Å². The van der Waals surface area contributed by atoms with Crippen LogP contribution in [0.2, 0.25) is 0 Å². The molecule has 108 valence electrons. The number of nitrogens with two attached hydrogens (primary N) is 1. The maximum Gasteiger partial charge on any atom is 0.251 e. The van der Waals surface area contributed by atoms with Crippen molar-refractivity contribution in [1.29, 1.82) is 0 Å². The first-order chi connectivity index (χ1) is 9.76. The zero-order chi connectivity index (χ0) is 13.9. The molecule has 0 spiro atoms. The maximum atomic E-state index is 12.1. The van der Waals surface area contributed by atoms with E-state index in [2.05, 4.69) is 5.32 Å². The van der Waals surface area contributed by atoms with Gasteiger partial charge in [0.2, 0.25) is 0 Å². The Morgan fingerprint density at radius 1 is 1.20 bits per heavy atom. The lowest BCUT2D eigenvalue weighted by Crippen LogP contribution is -2.31. The zero-order valence-corrected chi connectivity index (χ0v) is 12.0. The average Bonchev–Trinajstić information content (AvgIpc) is 3.08. The highest BCUT2D eigenvalue weighted by Crippen LogP contribution is 2.47. The third-order valence-electron chi connectivity index (χ3n) is 5.06. The van der Waals surface area contributed by atoms with E-state index in [1.165, 1.54) is 31.2 Å². The van der Waals surface area contributed by atoms with Gasteiger partial charge in [-0.3, -0.25) is 4.79 Å². The van der Waals surface area contributed by atoms with Gasteiger partial charge < -0.3 is 11.1 Å². The number of nitrogens with one attached hydrogen (secondary N) is 1. The van der Waals surface area contributed by atoms with E-state index in [9.17, 15) is 4.79 Å². The van der Waals surface area contributed by atoms with Gasteiger partial charge in [0.05, 0.1) is 0 Å². The van der Waals surface area contributed by atoms with Crippen LogP contribution in [0.25, 0.3) is 0 Å². The summed E-state index contributed by atoms with van der Waals surface area (Å²) in [6.07, 6.45) is 6.37. The molecule has 2 bridgehead atoms. The van der Waals surface area contributed by atoms with Crippen LogP contribution in [0.3, 0.4) is 0 Å². The van der Waals surface area contributed by atoms with Gasteiger partial charge in [-0.05, 0) is 67.7 Å². The van der Waals surface area contributed by atoms with Crippen LogP contribution in [0.1, 0.15) is 41.6 Å². The topological polar surface area (TPSA) is 55.1 Å². The molecule has 0 aliphatic heterocycles. The molecular formula is C17H24N2O. The minimum absolute atomic E-state index is 0.0621. The standard InChI is InChI=1S/C17H24N2O/c18-8-7-12-1-4-14(5-2-12)17(20)19-11-16-10-13-3-6-15(16)9-13/h1-2,4-5,13,15-16H,3,6-11,18H2,(H,19,20). The van der Waals surface area contributed by atoms with Gasteiger partial charge >= 0.3 is 0 Å². The number of hydrogen-bond donors (Lipinski definition) is 2. The van der Waals surface area contributed by atoms with Gasteiger partial charge in [0, 0.05) is 12.1 Å². The van der Waals surface area contributed by atoms with E-state index in [1.54, 1.807) is 0 Å². The summed E-state index contributed by atoms with van der Waals surface area (Å²) < 4.78 is 0. The number of carbonyl (C=O) groups excluding carboxylic acids is 1. The fourth-order valence-electron chi connectivity index (χ4n) is 3.94. The van der Waals surface area contributed by atoms with Gasteiger partial charge in [-0.1, -0.05) is 18.6 Å². The van der Waals surface area contributed by atoms with Gasteiger partial charge in [0.1, 0.15) is 0 Å². The molecule has 2 fully saturated rings. The lowest BCUT2D eigenvalue weighted by Gasteiger charge is -2.21. The number of rotatable bonds is 5. The lowest BCUT2D eigenvalue weighted by atomic mass is 9.89. The van der Waals surface area contributed by atoms with Crippen molar-refractivity contribution in [2.45, 2.75) is 32.1 Å². The van der Waals surface area contributed by atoms with Gasteiger partial charge in [-0.2, -0.15) is 0 Å². The van der Waals surface area contributed by atoms with Crippen molar-refractivity contribution in [3.63, 3.8) is 0 Å². The van der Waals surface area contributed by atoms with Crippen LogP contribution in [0.15, 0.2) is 24.3 Å². The zero-order valence-electron chi connectivity index (χ0n) is 12.0. The molecule has 2 aliphatic rings. The van der Waals surface area contributed by atoms with E-state index in [4.69, 9.17) is 5.73 Å². The monoisotopic (exact) mass is 272 g/mol. The summed E-state index contributed by atoms with van der Waals surface area (Å²) in [5.74, 6) is 2.59. The number of hydrogen-bond acceptors (Lipinski definition) is 2. The van der Waals surface area contributed by atoms with Crippen molar-refractivity contribution < 1.29 is 4.79 Å². The number of carbonyl (C=O) groups is 1. The Morgan fingerprint density at radius 2 is 2.00 bits per heavy atom. The van der Waals surface area contributed by atoms with Gasteiger partial charge in [-0.15, -0.1) is 0 Å². The minimum Gasteiger partial charge on any atom is -0.352 e. The van der Waals surface area contributed by atoms with E-state index < -0.39 is 0 Å². The number of benzene rings is 1. The van der Waals surface area contributed by atoms with Crippen LogP contribution in [-0.2, 0) is 6.42 Å². The molecule has 3 N–H and O–H groups in total. The predicted octanol–water partition coefficient (Wildman–Crippen LogP) is 2.35. The second-order valence-corrected chi connectivity index (χ2v) is 6.38. The van der Waals surface area contributed by atoms with E-state index in [0.717, 1.165) is 30.4 Å². The minimum atomic E-state index is 0.0621. The Labute approximate surface area is 120 Å². The van der Waals surface area contributed by atoms with Crippen molar-refractivity contribution in [1.82, 2.24) is 5.32 Å². The molecule has 0 aromatic heterocycles. The quantitative estimate of drug-likeness (QED) is 0.864. The van der Waals surface area contributed by atoms with Crippen molar-refractivity contribution >= 4 is 5.91 Å². The first-order valence-corrected chi connectivity index (χ1v) is 7.83. The highest BCUT2D eigenvalue weighted by molar-refractivity contribution is 5.94. The summed E-state index contributed by atoms with van der Waals surface area (Å²) in [5.41, 5.74) is 7.48. The Morgan fingerprint density at radius 3 is 2.60 bits per heavy atom. The largest absolute Gasteiger partial charge is 0.352 e. The SMILES string of the molecule is NCCc1ccc(C(=O)NCC2CC3CCC2C3)cc1. The van der Waals surface area contributed by atoms with Crippen LogP contribution >= 0.6 is 0 Å². The average molecular weight is 272 g/mol. The van der Waals surface area contributed by atoms with E-state index >= 15 is 0 Å². The highest BCUT2D eigenvalue weighted by Gasteiger charge is 2.39. The summed E-state index contributed by atoms with van der Waals surface area (Å²) >= 11 is 0. The molecule has 1 amide bonds. The van der Waals surface area contributed by atoms with Crippen molar-refractivity contribution in [3.05, 3.63) is 35.4 Å². The molecule has 2 aliphatic carbocycles. The molecule has 20 heavy (non-hydrogen) atoms. The van der Waals surface area contributed by atoms with Gasteiger partial charge in [0.15, 0.2) is 0 Å². The smallest absolute Gasteiger partial charge is 0.251 e. The summed E-state index contributed by atoms with van der Waals surface area (Å²) in [7, 11) is 0. The van der Waals surface area contributed by atoms with Crippen LogP contribution < -0.4 is 11.1 Å². The van der Waals surface area contributed by atoms with Crippen LogP contribution in [0, 0.1) is 17.8 Å². The van der Waals surface area contributed by atoms with E-state index in [-0.39, 0.29) is 5.91 Å². The van der Waals surface area contributed by atoms with Gasteiger partial charge in [-0.25, -0.2) is 0 Å². The summed E-state index contributed by atoms with van der Waals surface area (Å²) in [6, 6.07) is 7.81. The molecule has 3 rings (SSSR count). The summed E-state index contributed by atoms with van der Waals surface area (Å²) in [5, 5.41) is 3.11. The molecule has 2 saturated carbocycles. The molecule has 3 unspecified atom stereocenters. The third kappa shape index (κ3) is 2.88. The Kier molecular flexibility index (Phi) is 4.06. The van der Waals surface area contributed by atoms with E-state index in [0.29, 0.717) is 12.5 Å². The van der Waals surface area contributed by atoms with Crippen LogP contribution in [0.5, 0.6) is 0 Å². The van der Waals surface area contributed by atoms with E-state index in [1.807, 2.05) is 24.3 Å². The molecule has 3 atom stereocenters. The maximum absolute atomic E-state index is 12.1. The second-order valence-electron chi connectivity index (χ2n) is 6.38. The summed E-state index contributed by atoms with van der Waals surface area (Å²) in [6.45, 7) is 1.50. The summed E-state index contributed by atoms with van der Waals surface area (Å²) in [4.78, 5) is 12.1. The molecule has 0 saturated heterocycles. The molecular weight excluding hydrogens is 248 g/mol. The third-order valence-corrected chi connectivity index (χ3v) is 5.06. The van der Waals surface area contributed by atoms with Crippen LogP contribution in [0.4, 0.5) is 0 Å². The Bertz CT molecular complexity index is 468. The molecule has 1 aromatic rings. The van der Waals surface area contributed by atoms with Crippen molar-refractivity contribution in [2.24, 2.45) is 23.5 Å². The normalized spacial score (nSPS) is 27.8. The Balaban J connectivity index is 1.51. The fraction of sp³-hybridized carbons (Fsp3) is 0.588. The Hall–Kier alpha value is -1.35. The number of fused-ring (bicyclic) bond motifs is 2. The van der Waals surface area contributed by atoms with Crippen molar-refractivity contribution in [2.75, 3.05) is 13.1 Å². The molecule has 0 heterocycles. The van der Waals surface area contributed by atoms with Gasteiger partial charge in [0.25, 0.3) is 5.91 Å². The highest BCUT2D eigenvalue weighted by atomic mass is 16.1. The molecule has 0 radical (unpaired) electrons. The molecule has 3 nitrogen and oxygen atoms in total. The molecule has 1 aromatic carbocycles. The lowest BCUT2D eigenvalue weighted by molar-refractivity contribution is 0.0942. The predicted molar refractivity (Wildman–Crippen MR) is 80.5 cm³/mol. The molecule has 3 heteroatoms. The first kappa shape index (κ1) is 13.6. The fourth-order valence-corrected chi connectivity index (χ4v) is 3.94. The number of amides is 1. The van der Waals surface area contributed by atoms with Crippen LogP contribution in [-0.4, -0.2) is 19.0 Å².